The minimum atomic E-state index is -0.967. The Kier molecular flexibility index (Phi) is 10.9. The average Bonchev–Trinajstić information content (AvgIpc) is 3.85. The molecule has 5 heterocycles. The molecule has 1 aliphatic rings. The molecule has 0 bridgehead atoms. The van der Waals surface area contributed by atoms with Crippen molar-refractivity contribution in [1.29, 1.82) is 0 Å². The fourth-order valence-electron chi connectivity index (χ4n) is 4.69. The predicted molar refractivity (Wildman–Crippen MR) is 175 cm³/mol. The molecule has 1 aliphatic heterocycles. The number of nitrogens with zero attached hydrogens (tertiary/aromatic N) is 6. The third-order valence-electron chi connectivity index (χ3n) is 6.96. The average molecular weight is 662 g/mol. The molecule has 0 saturated carbocycles. The zero-order valence-corrected chi connectivity index (χ0v) is 26.4. The lowest BCUT2D eigenvalue weighted by Gasteiger charge is -2.05. The summed E-state index contributed by atoms with van der Waals surface area (Å²) in [6.07, 6.45) is 9.11. The summed E-state index contributed by atoms with van der Waals surface area (Å²) >= 11 is 11.9. The van der Waals surface area contributed by atoms with Gasteiger partial charge in [-0.25, -0.2) is 9.59 Å². The number of methoxy groups -OCH3 is 1. The molecule has 11 nitrogen and oxygen atoms in total. The quantitative estimate of drug-likeness (QED) is 0.197. The number of hydrogen-bond donors (Lipinski definition) is 1. The Morgan fingerprint density at radius 3 is 1.74 bits per heavy atom. The Bertz CT molecular complexity index is 1960. The predicted octanol–water partition coefficient (Wildman–Crippen LogP) is 6.55. The number of aromatic nitrogens is 6. The molecule has 1 saturated heterocycles. The van der Waals surface area contributed by atoms with Gasteiger partial charge >= 0.3 is 11.9 Å². The van der Waals surface area contributed by atoms with Crippen LogP contribution in [0.4, 0.5) is 0 Å². The second kappa shape index (κ2) is 15.4. The minimum absolute atomic E-state index is 0.217. The standard InChI is InChI=1S/C15H12ClN3O2.C14H10ClN3O2.C4H8O/c1-21-15(20)10-4-5-17-13(7-10)9-19-14-3-2-12(16)6-11(14)8-18-19;15-11-1-2-13-10(5-11)7-17-18(13)8-12-6-9(14(19)20)3-4-16-12;1-2-4-5-3-1/h2-8H,9H2,1H3;1-7H,8H2,(H,19,20);1-4H2. The molecular weight excluding hydrogens is 631 g/mol. The van der Waals surface area contributed by atoms with Crippen molar-refractivity contribution in [3.63, 3.8) is 0 Å². The van der Waals surface area contributed by atoms with Crippen LogP contribution in [0.2, 0.25) is 10.0 Å². The number of fused-ring (bicyclic) bond motifs is 2. The normalized spacial score (nSPS) is 12.2. The number of aromatic carboxylic acids is 1. The smallest absolute Gasteiger partial charge is 0.337 e. The van der Waals surface area contributed by atoms with E-state index >= 15 is 0 Å². The summed E-state index contributed by atoms with van der Waals surface area (Å²) in [6.45, 7) is 2.88. The van der Waals surface area contributed by atoms with Crippen LogP contribution in [-0.2, 0) is 22.6 Å². The lowest BCUT2D eigenvalue weighted by Crippen LogP contribution is -2.06. The zero-order chi connectivity index (χ0) is 32.5. The third kappa shape index (κ3) is 8.45. The van der Waals surface area contributed by atoms with Gasteiger partial charge in [0.05, 0.1) is 66.1 Å². The van der Waals surface area contributed by atoms with Crippen LogP contribution in [0.1, 0.15) is 44.9 Å². The van der Waals surface area contributed by atoms with Gasteiger partial charge in [-0.05, 0) is 73.5 Å². The van der Waals surface area contributed by atoms with Gasteiger partial charge in [0.15, 0.2) is 0 Å². The second-order valence-electron chi connectivity index (χ2n) is 10.2. The Labute approximate surface area is 274 Å². The van der Waals surface area contributed by atoms with Gasteiger partial charge in [0, 0.05) is 46.4 Å². The van der Waals surface area contributed by atoms with E-state index in [1.807, 2.05) is 35.0 Å². The number of rotatable bonds is 6. The molecule has 6 aromatic rings. The first-order valence-electron chi connectivity index (χ1n) is 14.3. The minimum Gasteiger partial charge on any atom is -0.478 e. The maximum atomic E-state index is 11.5. The maximum absolute atomic E-state index is 11.5. The third-order valence-corrected chi connectivity index (χ3v) is 7.43. The molecule has 2 aromatic carbocycles. The molecule has 0 aliphatic carbocycles. The van der Waals surface area contributed by atoms with E-state index in [-0.39, 0.29) is 11.5 Å². The first-order chi connectivity index (χ1) is 22.3. The monoisotopic (exact) mass is 660 g/mol. The number of carboxylic acid groups (broad SMARTS) is 1. The van der Waals surface area contributed by atoms with Crippen molar-refractivity contribution in [2.75, 3.05) is 20.3 Å². The molecule has 0 unspecified atom stereocenters. The number of ether oxygens (including phenoxy) is 2. The van der Waals surface area contributed by atoms with E-state index in [2.05, 4.69) is 20.2 Å². The van der Waals surface area contributed by atoms with Gasteiger partial charge in [-0.15, -0.1) is 0 Å². The number of pyridine rings is 2. The molecule has 1 fully saturated rings. The lowest BCUT2D eigenvalue weighted by atomic mass is 10.2. The summed E-state index contributed by atoms with van der Waals surface area (Å²) in [5.74, 6) is -1.35. The Balaban J connectivity index is 0.000000157. The van der Waals surface area contributed by atoms with E-state index in [9.17, 15) is 9.59 Å². The van der Waals surface area contributed by atoms with E-state index in [0.717, 1.165) is 40.7 Å². The molecular formula is C33H30Cl2N6O5. The number of carbonyl (C=O) groups is 2. The van der Waals surface area contributed by atoms with Crippen molar-refractivity contribution in [3.05, 3.63) is 118 Å². The summed E-state index contributed by atoms with van der Waals surface area (Å²) < 4.78 is 13.2. The molecule has 7 rings (SSSR count). The number of benzene rings is 2. The SMILES string of the molecule is C1CCOC1.COC(=O)c1ccnc(Cn2ncc3cc(Cl)ccc32)c1.O=C(O)c1ccnc(Cn2ncc3cc(Cl)ccc32)c1. The van der Waals surface area contributed by atoms with Crippen molar-refractivity contribution in [2.24, 2.45) is 0 Å². The summed E-state index contributed by atoms with van der Waals surface area (Å²) in [5, 5.41) is 20.8. The second-order valence-corrected chi connectivity index (χ2v) is 11.1. The molecule has 236 valence electrons. The number of carboxylic acids is 1. The lowest BCUT2D eigenvalue weighted by molar-refractivity contribution is 0.0599. The highest BCUT2D eigenvalue weighted by molar-refractivity contribution is 6.31. The van der Waals surface area contributed by atoms with Gasteiger partial charge in [0.25, 0.3) is 0 Å². The molecule has 46 heavy (non-hydrogen) atoms. The van der Waals surface area contributed by atoms with Crippen molar-refractivity contribution in [1.82, 2.24) is 29.5 Å². The number of hydrogen-bond acceptors (Lipinski definition) is 8. The van der Waals surface area contributed by atoms with E-state index in [4.69, 9.17) is 37.8 Å². The molecule has 0 amide bonds. The zero-order valence-electron chi connectivity index (χ0n) is 24.8. The van der Waals surface area contributed by atoms with Gasteiger partial charge in [-0.3, -0.25) is 19.3 Å². The first-order valence-corrected chi connectivity index (χ1v) is 15.1. The number of esters is 1. The largest absolute Gasteiger partial charge is 0.478 e. The summed E-state index contributed by atoms with van der Waals surface area (Å²) in [7, 11) is 1.35. The molecule has 1 N–H and O–H groups in total. The van der Waals surface area contributed by atoms with Crippen molar-refractivity contribution >= 4 is 56.9 Å². The maximum Gasteiger partial charge on any atom is 0.337 e. The fraction of sp³-hybridized carbons (Fsp3) is 0.212. The van der Waals surface area contributed by atoms with Crippen molar-refractivity contribution in [2.45, 2.75) is 25.9 Å². The van der Waals surface area contributed by atoms with Crippen LogP contribution in [0.3, 0.4) is 0 Å². The Morgan fingerprint density at radius 1 is 0.783 bits per heavy atom. The van der Waals surface area contributed by atoms with Gasteiger partial charge in [-0.2, -0.15) is 10.2 Å². The first kappa shape index (κ1) is 32.6. The summed E-state index contributed by atoms with van der Waals surface area (Å²) in [5.41, 5.74) is 3.96. The number of halogens is 2. The highest BCUT2D eigenvalue weighted by Gasteiger charge is 2.10. The molecule has 0 radical (unpaired) electrons. The van der Waals surface area contributed by atoms with E-state index < -0.39 is 5.97 Å². The molecule has 0 atom stereocenters. The van der Waals surface area contributed by atoms with Gasteiger partial charge in [-0.1, -0.05) is 23.2 Å². The Hall–Kier alpha value is -4.84. The fourth-order valence-corrected chi connectivity index (χ4v) is 5.05. The van der Waals surface area contributed by atoms with Crippen LogP contribution in [0, 0.1) is 0 Å². The van der Waals surface area contributed by atoms with E-state index in [1.54, 1.807) is 47.5 Å². The van der Waals surface area contributed by atoms with Gasteiger partial charge < -0.3 is 14.6 Å². The van der Waals surface area contributed by atoms with Crippen LogP contribution in [-0.4, -0.2) is 66.9 Å². The molecule has 13 heteroatoms. The van der Waals surface area contributed by atoms with Crippen LogP contribution < -0.4 is 0 Å². The van der Waals surface area contributed by atoms with Crippen LogP contribution in [0.15, 0.2) is 85.5 Å². The summed E-state index contributed by atoms with van der Waals surface area (Å²) in [6, 6.07) is 17.4. The summed E-state index contributed by atoms with van der Waals surface area (Å²) in [4.78, 5) is 30.9. The van der Waals surface area contributed by atoms with Crippen LogP contribution in [0.5, 0.6) is 0 Å². The van der Waals surface area contributed by atoms with E-state index in [1.165, 1.54) is 32.2 Å². The molecule has 0 spiro atoms. The van der Waals surface area contributed by atoms with Gasteiger partial charge in [0.2, 0.25) is 0 Å². The van der Waals surface area contributed by atoms with Crippen molar-refractivity contribution < 1.29 is 24.2 Å². The Morgan fingerprint density at radius 2 is 1.28 bits per heavy atom. The van der Waals surface area contributed by atoms with Crippen LogP contribution >= 0.6 is 23.2 Å². The van der Waals surface area contributed by atoms with Gasteiger partial charge in [0.1, 0.15) is 0 Å². The molecule has 4 aromatic heterocycles. The topological polar surface area (TPSA) is 134 Å². The van der Waals surface area contributed by atoms with E-state index in [0.29, 0.717) is 34.4 Å². The van der Waals surface area contributed by atoms with Crippen LogP contribution in [0.25, 0.3) is 21.8 Å². The number of carbonyl (C=O) groups excluding carboxylic acids is 1. The van der Waals surface area contributed by atoms with Crippen molar-refractivity contribution in [3.8, 4) is 0 Å². The highest BCUT2D eigenvalue weighted by atomic mass is 35.5. The highest BCUT2D eigenvalue weighted by Crippen LogP contribution is 2.21.